The molecule has 8 heterocycles. The highest BCUT2D eigenvalue weighted by Gasteiger charge is 2.47. The first-order chi connectivity index (χ1) is 18.2. The van der Waals surface area contributed by atoms with Crippen LogP contribution in [0.2, 0.25) is 0 Å². The number of ether oxygens (including phenoxy) is 1. The van der Waals surface area contributed by atoms with Crippen molar-refractivity contribution in [2.45, 2.75) is 54.1 Å². The number of nitrogens with zero attached hydrogens (tertiary/aromatic N) is 8. The fourth-order valence-electron chi connectivity index (χ4n) is 6.69. The summed E-state index contributed by atoms with van der Waals surface area (Å²) >= 11 is 1.65. The van der Waals surface area contributed by atoms with Crippen LogP contribution in [0.4, 0.5) is 11.8 Å². The Hall–Kier alpha value is -3.31. The number of hydrogen-bond acceptors (Lipinski definition) is 9. The first-order valence-corrected chi connectivity index (χ1v) is 13.9. The van der Waals surface area contributed by atoms with Gasteiger partial charge in [-0.1, -0.05) is 11.8 Å². The van der Waals surface area contributed by atoms with Crippen molar-refractivity contribution in [3.8, 4) is 5.75 Å². The maximum absolute atomic E-state index is 6.70. The highest BCUT2D eigenvalue weighted by atomic mass is 32.2. The number of piperidine rings is 1. The summed E-state index contributed by atoms with van der Waals surface area (Å²) in [7, 11) is 0. The summed E-state index contributed by atoms with van der Waals surface area (Å²) < 4.78 is 10.4. The van der Waals surface area contributed by atoms with Gasteiger partial charge in [-0.3, -0.25) is 9.08 Å². The van der Waals surface area contributed by atoms with Crippen molar-refractivity contribution in [3.63, 3.8) is 0 Å². The molecule has 0 saturated carbocycles. The van der Waals surface area contributed by atoms with E-state index in [2.05, 4.69) is 35.0 Å². The Labute approximate surface area is 218 Å². The van der Waals surface area contributed by atoms with Crippen LogP contribution in [0.1, 0.15) is 37.4 Å². The molecule has 4 aromatic rings. The van der Waals surface area contributed by atoms with Crippen LogP contribution in [-0.4, -0.2) is 61.4 Å². The lowest BCUT2D eigenvalue weighted by molar-refractivity contribution is 0.170. The van der Waals surface area contributed by atoms with Crippen LogP contribution in [0.3, 0.4) is 0 Å². The molecule has 0 unspecified atom stereocenters. The van der Waals surface area contributed by atoms with E-state index in [1.165, 1.54) is 12.8 Å². The number of pyridine rings is 1. The number of imidazole rings is 1. The number of rotatable bonds is 3. The van der Waals surface area contributed by atoms with Gasteiger partial charge in [0.05, 0.1) is 27.6 Å². The first-order valence-electron chi connectivity index (χ1n) is 13.1. The molecule has 0 aromatic carbocycles. The molecule has 0 radical (unpaired) electrons. The summed E-state index contributed by atoms with van der Waals surface area (Å²) in [6.45, 7) is 4.50. The van der Waals surface area contributed by atoms with E-state index in [0.717, 1.165) is 84.3 Å². The number of anilines is 2. The van der Waals surface area contributed by atoms with E-state index in [1.54, 1.807) is 11.8 Å². The fraction of sp³-hybridized carbons (Fsp3) is 0.462. The predicted octanol–water partition coefficient (Wildman–Crippen LogP) is 3.13. The second-order valence-corrected chi connectivity index (χ2v) is 11.7. The number of nitrogens with two attached hydrogens (primary N) is 1. The Kier molecular flexibility index (Phi) is 4.76. The molecule has 11 heteroatoms. The zero-order valence-corrected chi connectivity index (χ0v) is 21.3. The molecule has 2 fully saturated rings. The zero-order chi connectivity index (χ0) is 24.6. The van der Waals surface area contributed by atoms with Gasteiger partial charge in [0, 0.05) is 62.6 Å². The zero-order valence-electron chi connectivity index (χ0n) is 20.5. The van der Waals surface area contributed by atoms with Gasteiger partial charge in [-0.05, 0) is 37.8 Å². The minimum absolute atomic E-state index is 0.0431. The molecule has 0 aliphatic carbocycles. The van der Waals surface area contributed by atoms with Gasteiger partial charge in [-0.15, -0.1) is 0 Å². The molecular weight excluding hydrogens is 486 g/mol. The minimum atomic E-state index is 0.0431. The van der Waals surface area contributed by atoms with Gasteiger partial charge in [0.1, 0.15) is 6.61 Å². The molecule has 1 spiro atoms. The van der Waals surface area contributed by atoms with Crippen molar-refractivity contribution in [2.75, 3.05) is 36.0 Å². The summed E-state index contributed by atoms with van der Waals surface area (Å²) in [5, 5.41) is 4.48. The molecule has 4 aromatic heterocycles. The SMILES string of the molecule is N[C@@H]1c2ccnn2CC12CCN(c1ncc(Sc3ccnc4c3OC[C@@H]3CCCN43)c3nccn13)CC2. The van der Waals surface area contributed by atoms with Gasteiger partial charge >= 0.3 is 0 Å². The molecule has 0 bridgehead atoms. The topological polar surface area (TPSA) is 103 Å². The number of aromatic nitrogens is 6. The molecule has 0 amide bonds. The van der Waals surface area contributed by atoms with Crippen molar-refractivity contribution in [2.24, 2.45) is 11.1 Å². The van der Waals surface area contributed by atoms with Gasteiger partial charge in [0.2, 0.25) is 5.95 Å². The third-order valence-corrected chi connectivity index (χ3v) is 9.80. The van der Waals surface area contributed by atoms with Crippen molar-refractivity contribution in [1.82, 2.24) is 29.1 Å². The highest BCUT2D eigenvalue weighted by Crippen LogP contribution is 2.48. The largest absolute Gasteiger partial charge is 0.486 e. The lowest BCUT2D eigenvalue weighted by atomic mass is 9.74. The van der Waals surface area contributed by atoms with E-state index in [9.17, 15) is 0 Å². The van der Waals surface area contributed by atoms with Gasteiger partial charge in [0.25, 0.3) is 0 Å². The Morgan fingerprint density at radius 1 is 1.03 bits per heavy atom. The standard InChI is InChI=1S/C26H29N9OS/c27-22-18-3-8-31-35(18)16-26(22)5-11-32(12-6-26)25-30-14-20(23-29-9-13-34(23)25)37-19-4-7-28-24-21(19)36-15-17-2-1-10-33(17)24/h3-4,7-9,13-14,17,22H,1-2,5-6,10-12,15-16,27H2/t17-,22+/m0/s1. The Bertz CT molecular complexity index is 1490. The van der Waals surface area contributed by atoms with Crippen LogP contribution < -0.4 is 20.3 Å². The Morgan fingerprint density at radius 3 is 2.84 bits per heavy atom. The minimum Gasteiger partial charge on any atom is -0.486 e. The Balaban J connectivity index is 1.06. The lowest BCUT2D eigenvalue weighted by Gasteiger charge is -2.41. The van der Waals surface area contributed by atoms with Gasteiger partial charge in [-0.2, -0.15) is 5.10 Å². The quantitative estimate of drug-likeness (QED) is 0.441. The molecular formula is C26H29N9OS. The summed E-state index contributed by atoms with van der Waals surface area (Å²) in [4.78, 5) is 21.2. The smallest absolute Gasteiger partial charge is 0.211 e. The summed E-state index contributed by atoms with van der Waals surface area (Å²) in [5.74, 6) is 2.79. The van der Waals surface area contributed by atoms with E-state index in [1.807, 2.05) is 37.1 Å². The maximum Gasteiger partial charge on any atom is 0.211 e. The summed E-state index contributed by atoms with van der Waals surface area (Å²) in [6, 6.07) is 4.59. The normalized spacial score (nSPS) is 23.8. The maximum atomic E-state index is 6.70. The molecule has 4 aliphatic heterocycles. The van der Waals surface area contributed by atoms with Crippen LogP contribution in [0, 0.1) is 5.41 Å². The van der Waals surface area contributed by atoms with Crippen LogP contribution in [-0.2, 0) is 6.54 Å². The highest BCUT2D eigenvalue weighted by molar-refractivity contribution is 7.99. The fourth-order valence-corrected chi connectivity index (χ4v) is 7.64. The number of hydrogen-bond donors (Lipinski definition) is 1. The third-order valence-electron chi connectivity index (χ3n) is 8.75. The van der Waals surface area contributed by atoms with E-state index >= 15 is 0 Å². The van der Waals surface area contributed by atoms with Crippen LogP contribution >= 0.6 is 11.8 Å². The number of fused-ring (bicyclic) bond motifs is 5. The molecule has 2 atom stereocenters. The van der Waals surface area contributed by atoms with Crippen molar-refractivity contribution < 1.29 is 4.74 Å². The average molecular weight is 516 g/mol. The van der Waals surface area contributed by atoms with Crippen molar-refractivity contribution in [3.05, 3.63) is 48.8 Å². The van der Waals surface area contributed by atoms with Crippen molar-refractivity contribution >= 4 is 29.2 Å². The lowest BCUT2D eigenvalue weighted by Crippen LogP contribution is -2.45. The van der Waals surface area contributed by atoms with E-state index in [0.29, 0.717) is 6.04 Å². The molecule has 2 N–H and O–H groups in total. The molecule has 10 nitrogen and oxygen atoms in total. The molecule has 190 valence electrons. The van der Waals surface area contributed by atoms with Crippen LogP contribution in [0.25, 0.3) is 5.65 Å². The van der Waals surface area contributed by atoms with Gasteiger partial charge in [-0.25, -0.2) is 15.0 Å². The predicted molar refractivity (Wildman–Crippen MR) is 140 cm³/mol. The molecule has 2 saturated heterocycles. The van der Waals surface area contributed by atoms with Crippen molar-refractivity contribution in [1.29, 1.82) is 0 Å². The van der Waals surface area contributed by atoms with E-state index in [4.69, 9.17) is 20.4 Å². The van der Waals surface area contributed by atoms with E-state index < -0.39 is 0 Å². The monoisotopic (exact) mass is 515 g/mol. The second kappa shape index (κ2) is 8.09. The second-order valence-electron chi connectivity index (χ2n) is 10.6. The average Bonchev–Trinajstić information content (AvgIpc) is 3.72. The van der Waals surface area contributed by atoms with Crippen LogP contribution in [0.15, 0.2) is 52.9 Å². The van der Waals surface area contributed by atoms with Crippen LogP contribution in [0.5, 0.6) is 5.75 Å². The molecule has 8 rings (SSSR count). The van der Waals surface area contributed by atoms with E-state index in [-0.39, 0.29) is 11.5 Å². The third kappa shape index (κ3) is 3.23. The molecule has 4 aliphatic rings. The van der Waals surface area contributed by atoms with Gasteiger partial charge in [0.15, 0.2) is 17.2 Å². The van der Waals surface area contributed by atoms with Gasteiger partial charge < -0.3 is 20.3 Å². The molecule has 37 heavy (non-hydrogen) atoms. The Morgan fingerprint density at radius 2 is 1.95 bits per heavy atom. The summed E-state index contributed by atoms with van der Waals surface area (Å²) in [5.41, 5.74) is 8.85. The summed E-state index contributed by atoms with van der Waals surface area (Å²) in [6.07, 6.45) is 14.0. The first kappa shape index (κ1) is 21.7.